The minimum absolute atomic E-state index is 0.00317. The fourth-order valence-electron chi connectivity index (χ4n) is 5.07. The van der Waals surface area contributed by atoms with Crippen LogP contribution in [-0.4, -0.2) is 48.1 Å². The zero-order valence-electron chi connectivity index (χ0n) is 32.5. The van der Waals surface area contributed by atoms with Crippen molar-refractivity contribution in [2.24, 2.45) is 0 Å². The summed E-state index contributed by atoms with van der Waals surface area (Å²) in [6.45, 7) is -0.233. The molecule has 0 aliphatic rings. The maximum absolute atomic E-state index is 14.8. The quantitative estimate of drug-likeness (QED) is 0.0454. The van der Waals surface area contributed by atoms with E-state index in [1.165, 1.54) is 0 Å². The number of amides is 2. The molecule has 11 nitrogen and oxygen atoms in total. The standard InChI is InChI=1S/C42H25Cl2F11N2O9/c43-29-18-26(56-37(60)62-20-22-7-3-1-4-8-22)11-13-31(29)65-35(58)24-15-25(17-28(16-24)64-34(46)33(45)39(47,48)40(49,50)41(51,52)42(53,54)55)36(59)66-32-14-12-27(19-30(32)44)57-38(61)63-21-23-9-5-2-6-10-23/h1-19H,20-21H2,(H,56,60)(H,57,61). The molecule has 0 aliphatic carbocycles. The molecule has 5 rings (SSSR count). The molecule has 0 radical (unpaired) electrons. The molecule has 5 aromatic rings. The van der Waals surface area contributed by atoms with E-state index in [0.717, 1.165) is 36.4 Å². The number of carbonyl (C=O) groups is 4. The van der Waals surface area contributed by atoms with Gasteiger partial charge in [0.2, 0.25) is 5.83 Å². The third-order valence-corrected chi connectivity index (χ3v) is 8.96. The van der Waals surface area contributed by atoms with Crippen molar-refractivity contribution < 1.29 is 91.2 Å². The monoisotopic (exact) mass is 980 g/mol. The highest BCUT2D eigenvalue weighted by molar-refractivity contribution is 6.33. The zero-order valence-corrected chi connectivity index (χ0v) is 34.0. The predicted molar refractivity (Wildman–Crippen MR) is 211 cm³/mol. The minimum Gasteiger partial charge on any atom is -0.444 e. The number of hydrogen-bond acceptors (Lipinski definition) is 9. The van der Waals surface area contributed by atoms with E-state index < -0.39 is 88.3 Å². The molecule has 0 heterocycles. The van der Waals surface area contributed by atoms with Crippen LogP contribution >= 0.6 is 23.2 Å². The fourth-order valence-corrected chi connectivity index (χ4v) is 5.51. The molecule has 0 bridgehead atoms. The number of hydrogen-bond donors (Lipinski definition) is 2. The molecule has 0 saturated heterocycles. The van der Waals surface area contributed by atoms with Crippen LogP contribution in [0.15, 0.2) is 127 Å². The Bertz CT molecular complexity index is 2500. The van der Waals surface area contributed by atoms with Crippen molar-refractivity contribution in [3.63, 3.8) is 0 Å². The third-order valence-electron chi connectivity index (χ3n) is 8.37. The number of carbonyl (C=O) groups excluding carboxylic acids is 4. The van der Waals surface area contributed by atoms with Gasteiger partial charge in [0.1, 0.15) is 30.5 Å². The molecule has 5 aromatic carbocycles. The molecule has 0 fully saturated rings. The van der Waals surface area contributed by atoms with Crippen molar-refractivity contribution in [1.82, 2.24) is 0 Å². The lowest BCUT2D eigenvalue weighted by molar-refractivity contribution is -0.392. The zero-order chi connectivity index (χ0) is 48.6. The minimum atomic E-state index is -7.65. The Labute approximate surface area is 373 Å². The maximum atomic E-state index is 14.8. The summed E-state index contributed by atoms with van der Waals surface area (Å²) >= 11 is 12.4. The Morgan fingerprint density at radius 1 is 0.515 bits per heavy atom. The number of anilines is 2. The second-order valence-electron chi connectivity index (χ2n) is 13.1. The van der Waals surface area contributed by atoms with E-state index in [1.807, 2.05) is 0 Å². The summed E-state index contributed by atoms with van der Waals surface area (Å²) in [5.41, 5.74) is -0.587. The van der Waals surface area contributed by atoms with E-state index in [9.17, 15) is 67.5 Å². The second-order valence-corrected chi connectivity index (χ2v) is 13.9. The van der Waals surface area contributed by atoms with E-state index in [1.54, 1.807) is 60.7 Å². The molecule has 0 aliphatic heterocycles. The highest BCUT2D eigenvalue weighted by Gasteiger charge is 2.83. The highest BCUT2D eigenvalue weighted by atomic mass is 35.5. The van der Waals surface area contributed by atoms with E-state index in [4.69, 9.17) is 42.1 Å². The number of ether oxygens (including phenoxy) is 5. The molecule has 2 N–H and O–H groups in total. The summed E-state index contributed by atoms with van der Waals surface area (Å²) in [4.78, 5) is 51.2. The molecule has 0 unspecified atom stereocenters. The summed E-state index contributed by atoms with van der Waals surface area (Å²) in [6.07, 6.45) is -9.25. The summed E-state index contributed by atoms with van der Waals surface area (Å²) in [5.74, 6) is -32.3. The normalized spacial score (nSPS) is 12.3. The van der Waals surface area contributed by atoms with Gasteiger partial charge in [0.05, 0.1) is 21.2 Å². The second kappa shape index (κ2) is 20.4. The predicted octanol–water partition coefficient (Wildman–Crippen LogP) is 12.9. The number of alkyl halides is 9. The summed E-state index contributed by atoms with van der Waals surface area (Å²) in [6, 6.07) is 21.2. The van der Waals surface area contributed by atoms with Gasteiger partial charge in [-0.05, 0) is 65.7 Å². The van der Waals surface area contributed by atoms with Crippen LogP contribution in [0.1, 0.15) is 31.8 Å². The first-order valence-corrected chi connectivity index (χ1v) is 18.7. The topological polar surface area (TPSA) is 138 Å². The van der Waals surface area contributed by atoms with Crippen LogP contribution in [-0.2, 0) is 22.7 Å². The molecule has 2 amide bonds. The number of benzene rings is 5. The number of allylic oxidation sites excluding steroid dienone is 1. The van der Waals surface area contributed by atoms with Crippen molar-refractivity contribution in [3.05, 3.63) is 159 Å². The van der Waals surface area contributed by atoms with Crippen LogP contribution in [0.3, 0.4) is 0 Å². The van der Waals surface area contributed by atoms with Gasteiger partial charge in [-0.25, -0.2) is 19.2 Å². The molecule has 0 spiro atoms. The van der Waals surface area contributed by atoms with Crippen LogP contribution in [0.2, 0.25) is 10.0 Å². The van der Waals surface area contributed by atoms with Crippen LogP contribution in [0.5, 0.6) is 17.2 Å². The Morgan fingerprint density at radius 2 is 0.924 bits per heavy atom. The van der Waals surface area contributed by atoms with Gasteiger partial charge >= 0.3 is 54.1 Å². The van der Waals surface area contributed by atoms with Gasteiger partial charge in [0, 0.05) is 11.4 Å². The molecule has 66 heavy (non-hydrogen) atoms. The van der Waals surface area contributed by atoms with Crippen LogP contribution in [0.25, 0.3) is 0 Å². The maximum Gasteiger partial charge on any atom is 0.460 e. The largest absolute Gasteiger partial charge is 0.460 e. The number of esters is 2. The van der Waals surface area contributed by atoms with Crippen LogP contribution in [0, 0.1) is 0 Å². The van der Waals surface area contributed by atoms with Crippen molar-refractivity contribution in [2.75, 3.05) is 10.6 Å². The van der Waals surface area contributed by atoms with Gasteiger partial charge < -0.3 is 23.7 Å². The van der Waals surface area contributed by atoms with Crippen LogP contribution < -0.4 is 24.8 Å². The molecule has 0 aromatic heterocycles. The van der Waals surface area contributed by atoms with E-state index in [2.05, 4.69) is 15.4 Å². The third kappa shape index (κ3) is 12.0. The van der Waals surface area contributed by atoms with Gasteiger partial charge in [-0.3, -0.25) is 10.6 Å². The van der Waals surface area contributed by atoms with Gasteiger partial charge in [-0.1, -0.05) is 83.9 Å². The lowest BCUT2D eigenvalue weighted by Crippen LogP contribution is -2.61. The molecule has 24 heteroatoms. The molecule has 0 atom stereocenters. The average molecular weight is 982 g/mol. The number of nitrogens with one attached hydrogen (secondary N) is 2. The summed E-state index contributed by atoms with van der Waals surface area (Å²) in [7, 11) is 0. The Kier molecular flexibility index (Phi) is 15.4. The molecular weight excluding hydrogens is 956 g/mol. The van der Waals surface area contributed by atoms with E-state index >= 15 is 0 Å². The lowest BCUT2D eigenvalue weighted by Gasteiger charge is -2.32. The van der Waals surface area contributed by atoms with Gasteiger partial charge in [0.25, 0.3) is 0 Å². The van der Waals surface area contributed by atoms with Crippen LogP contribution in [0.4, 0.5) is 69.3 Å². The average Bonchev–Trinajstić information content (AvgIpc) is 3.26. The molecule has 0 saturated carbocycles. The Balaban J connectivity index is 1.39. The van der Waals surface area contributed by atoms with E-state index in [-0.39, 0.29) is 34.6 Å². The summed E-state index contributed by atoms with van der Waals surface area (Å²) in [5, 5.41) is 3.92. The first-order chi connectivity index (χ1) is 30.9. The van der Waals surface area contributed by atoms with Gasteiger partial charge in [-0.15, -0.1) is 0 Å². The molecule has 348 valence electrons. The first-order valence-electron chi connectivity index (χ1n) is 18.0. The fraction of sp³-hybridized carbons (Fsp3) is 0.143. The van der Waals surface area contributed by atoms with E-state index in [0.29, 0.717) is 29.3 Å². The van der Waals surface area contributed by atoms with Crippen molar-refractivity contribution in [2.45, 2.75) is 37.2 Å². The Hall–Kier alpha value is -7.07. The lowest BCUT2D eigenvalue weighted by atomic mass is 10.0. The molecular formula is C42H25Cl2F11N2O9. The smallest absolute Gasteiger partial charge is 0.444 e. The van der Waals surface area contributed by atoms with Crippen molar-refractivity contribution >= 4 is 58.7 Å². The van der Waals surface area contributed by atoms with Crippen molar-refractivity contribution in [1.29, 1.82) is 0 Å². The van der Waals surface area contributed by atoms with Gasteiger partial charge in [0.15, 0.2) is 0 Å². The summed E-state index contributed by atoms with van der Waals surface area (Å²) < 4.78 is 175. The first kappa shape index (κ1) is 49.9. The SMILES string of the molecule is O=C(Nc1ccc(OC(=O)c2cc(OC(F)=C(F)C(F)(F)C(F)(F)C(F)(F)C(F)(F)F)cc(C(=O)Oc3ccc(NC(=O)OCc4ccccc4)cc3Cl)c2)c(Cl)c1)OCc1ccccc1. The van der Waals surface area contributed by atoms with Crippen molar-refractivity contribution in [3.8, 4) is 17.2 Å². The van der Waals surface area contributed by atoms with Gasteiger partial charge in [-0.2, -0.15) is 48.3 Å². The number of halogens is 13. The Morgan fingerprint density at radius 3 is 1.30 bits per heavy atom. The number of rotatable bonds is 15. The highest BCUT2D eigenvalue weighted by Crippen LogP contribution is 2.56.